The molecular formula is C14H24FO7P. The Balaban J connectivity index is 3.06. The molecule has 0 aliphatic heterocycles. The first-order valence-electron chi connectivity index (χ1n) is 7.66. The molecule has 0 amide bonds. The Labute approximate surface area is 135 Å². The third-order valence-corrected chi connectivity index (χ3v) is 5.72. The first-order valence-corrected chi connectivity index (χ1v) is 9.39. The van der Waals surface area contributed by atoms with E-state index in [1.54, 1.807) is 27.7 Å². The predicted molar refractivity (Wildman–Crippen MR) is 79.9 cm³/mol. The number of alkyl halides is 1. The fraction of sp³-hybridized carbons (Fsp3) is 0.857. The molecule has 0 saturated heterocycles. The van der Waals surface area contributed by atoms with Crippen molar-refractivity contribution in [3.05, 3.63) is 0 Å². The van der Waals surface area contributed by atoms with Crippen LogP contribution in [0.1, 0.15) is 34.1 Å². The second-order valence-corrected chi connectivity index (χ2v) is 7.15. The summed E-state index contributed by atoms with van der Waals surface area (Å²) in [6.45, 7) is 6.36. The molecule has 134 valence electrons. The van der Waals surface area contributed by atoms with E-state index in [0.29, 0.717) is 0 Å². The van der Waals surface area contributed by atoms with Gasteiger partial charge in [-0.05, 0) is 27.7 Å². The molecule has 1 saturated carbocycles. The first-order chi connectivity index (χ1) is 10.7. The van der Waals surface area contributed by atoms with E-state index in [9.17, 15) is 14.2 Å². The van der Waals surface area contributed by atoms with Crippen LogP contribution in [-0.2, 0) is 32.7 Å². The van der Waals surface area contributed by atoms with Gasteiger partial charge in [-0.2, -0.15) is 0 Å². The summed E-state index contributed by atoms with van der Waals surface area (Å²) < 4.78 is 47.4. The summed E-state index contributed by atoms with van der Waals surface area (Å²) in [5.74, 6) is -2.03. The lowest BCUT2D eigenvalue weighted by molar-refractivity contribution is -0.166. The van der Waals surface area contributed by atoms with Gasteiger partial charge < -0.3 is 18.5 Å². The van der Waals surface area contributed by atoms with Crippen LogP contribution in [0.4, 0.5) is 4.39 Å². The third-order valence-electron chi connectivity index (χ3n) is 3.53. The molecule has 1 aliphatic rings. The molecule has 0 heterocycles. The van der Waals surface area contributed by atoms with Crippen molar-refractivity contribution in [3.8, 4) is 0 Å². The van der Waals surface area contributed by atoms with Crippen molar-refractivity contribution >= 4 is 19.5 Å². The normalized spacial score (nSPS) is 22.5. The number of esters is 2. The molecule has 1 rings (SSSR count). The summed E-state index contributed by atoms with van der Waals surface area (Å²) in [5, 5.41) is 0. The quantitative estimate of drug-likeness (QED) is 0.338. The highest BCUT2D eigenvalue weighted by molar-refractivity contribution is 7.54. The van der Waals surface area contributed by atoms with Gasteiger partial charge in [-0.1, -0.05) is 0 Å². The van der Waals surface area contributed by atoms with Crippen molar-refractivity contribution in [1.29, 1.82) is 0 Å². The summed E-state index contributed by atoms with van der Waals surface area (Å²) in [6, 6.07) is 0. The predicted octanol–water partition coefficient (Wildman–Crippen LogP) is 2.48. The van der Waals surface area contributed by atoms with Crippen molar-refractivity contribution in [2.75, 3.05) is 32.6 Å². The molecule has 23 heavy (non-hydrogen) atoms. The number of ether oxygens (including phenoxy) is 2. The van der Waals surface area contributed by atoms with Crippen LogP contribution in [0, 0.1) is 5.41 Å². The second kappa shape index (κ2) is 7.73. The highest BCUT2D eigenvalue weighted by atomic mass is 31.2. The van der Waals surface area contributed by atoms with Crippen molar-refractivity contribution in [1.82, 2.24) is 0 Å². The number of carbonyl (C=O) groups is 2. The number of hydrogen-bond donors (Lipinski definition) is 0. The van der Waals surface area contributed by atoms with Crippen molar-refractivity contribution < 1.29 is 37.1 Å². The molecule has 0 N–H and O–H groups in total. The number of halogens is 1. The van der Waals surface area contributed by atoms with Crippen LogP contribution in [0.3, 0.4) is 0 Å². The minimum Gasteiger partial charge on any atom is -0.465 e. The highest BCUT2D eigenvalue weighted by Crippen LogP contribution is 2.67. The minimum atomic E-state index is -3.77. The number of rotatable bonds is 10. The molecule has 0 aromatic carbocycles. The van der Waals surface area contributed by atoms with E-state index < -0.39 is 43.2 Å². The van der Waals surface area contributed by atoms with Crippen LogP contribution in [0.25, 0.3) is 0 Å². The van der Waals surface area contributed by atoms with E-state index in [4.69, 9.17) is 18.5 Å². The van der Waals surface area contributed by atoms with Gasteiger partial charge in [0, 0.05) is 6.42 Å². The first kappa shape index (κ1) is 20.1. The molecule has 0 aromatic heterocycles. The maximum atomic E-state index is 15.2. The van der Waals surface area contributed by atoms with Gasteiger partial charge in [-0.15, -0.1) is 0 Å². The average Bonchev–Trinajstić information content (AvgIpc) is 3.06. The van der Waals surface area contributed by atoms with E-state index in [1.807, 2.05) is 0 Å². The van der Waals surface area contributed by atoms with Crippen LogP contribution in [-0.4, -0.2) is 50.2 Å². The van der Waals surface area contributed by atoms with Gasteiger partial charge in [0.2, 0.25) is 5.41 Å². The number of carbonyl (C=O) groups excluding carboxylic acids is 2. The van der Waals surface area contributed by atoms with Crippen molar-refractivity contribution in [2.24, 2.45) is 5.41 Å². The van der Waals surface area contributed by atoms with Gasteiger partial charge in [0.25, 0.3) is 0 Å². The zero-order valence-corrected chi connectivity index (χ0v) is 14.8. The third kappa shape index (κ3) is 3.92. The van der Waals surface area contributed by atoms with E-state index in [2.05, 4.69) is 0 Å². The van der Waals surface area contributed by atoms with Gasteiger partial charge in [0.15, 0.2) is 5.67 Å². The smallest absolute Gasteiger partial charge is 0.333 e. The highest BCUT2D eigenvalue weighted by Gasteiger charge is 2.82. The zero-order valence-electron chi connectivity index (χ0n) is 13.9. The Hall–Kier alpha value is -0.980. The number of hydrogen-bond acceptors (Lipinski definition) is 7. The Morgan fingerprint density at radius 3 is 1.74 bits per heavy atom. The Morgan fingerprint density at radius 2 is 1.39 bits per heavy atom. The minimum absolute atomic E-state index is 0.00928. The molecule has 0 aromatic rings. The molecule has 7 nitrogen and oxygen atoms in total. The van der Waals surface area contributed by atoms with Crippen LogP contribution >= 0.6 is 7.60 Å². The summed E-state index contributed by atoms with van der Waals surface area (Å²) in [7, 11) is -3.77. The van der Waals surface area contributed by atoms with Crippen molar-refractivity contribution in [3.63, 3.8) is 0 Å². The van der Waals surface area contributed by atoms with Crippen LogP contribution in [0.2, 0.25) is 0 Å². The van der Waals surface area contributed by atoms with Crippen LogP contribution < -0.4 is 0 Å². The van der Waals surface area contributed by atoms with Gasteiger partial charge in [0.1, 0.15) is 0 Å². The van der Waals surface area contributed by atoms with Crippen LogP contribution in [0.15, 0.2) is 0 Å². The van der Waals surface area contributed by atoms with E-state index in [1.165, 1.54) is 0 Å². The molecule has 1 aliphatic carbocycles. The molecule has 9 heteroatoms. The summed E-state index contributed by atoms with van der Waals surface area (Å²) >= 11 is 0. The molecule has 0 bridgehead atoms. The SMILES string of the molecule is CCOC(=O)C1(C(=O)OCC)CC1(F)CP(=O)(OCC)OCC. The van der Waals surface area contributed by atoms with Gasteiger partial charge in [-0.3, -0.25) is 14.2 Å². The van der Waals surface area contributed by atoms with Crippen molar-refractivity contribution in [2.45, 2.75) is 39.8 Å². The Bertz CT molecular complexity index is 468. The summed E-state index contributed by atoms with van der Waals surface area (Å²) in [4.78, 5) is 24.3. The largest absolute Gasteiger partial charge is 0.465 e. The second-order valence-electron chi connectivity index (χ2n) is 5.09. The summed E-state index contributed by atoms with van der Waals surface area (Å²) in [5.41, 5.74) is -4.46. The maximum absolute atomic E-state index is 15.2. The monoisotopic (exact) mass is 354 g/mol. The zero-order chi connectivity index (χ0) is 17.7. The molecule has 0 radical (unpaired) electrons. The average molecular weight is 354 g/mol. The lowest BCUT2D eigenvalue weighted by atomic mass is 10.0. The molecule has 1 fully saturated rings. The fourth-order valence-electron chi connectivity index (χ4n) is 2.50. The van der Waals surface area contributed by atoms with E-state index in [0.717, 1.165) is 0 Å². The molecule has 1 unspecified atom stereocenters. The maximum Gasteiger partial charge on any atom is 0.333 e. The van der Waals surface area contributed by atoms with E-state index >= 15 is 4.39 Å². The Kier molecular flexibility index (Phi) is 6.74. The lowest BCUT2D eigenvalue weighted by Gasteiger charge is -2.22. The standard InChI is InChI=1S/C14H24FO7P/c1-5-19-11(16)14(12(17)20-6-2)9-13(14,15)10-23(18,21-7-3)22-8-4/h5-10H2,1-4H3. The van der Waals surface area contributed by atoms with Gasteiger partial charge in [0.05, 0.1) is 32.6 Å². The lowest BCUT2D eigenvalue weighted by Crippen LogP contribution is -2.38. The Morgan fingerprint density at radius 1 is 0.957 bits per heavy atom. The van der Waals surface area contributed by atoms with E-state index in [-0.39, 0.29) is 26.4 Å². The van der Waals surface area contributed by atoms with Gasteiger partial charge >= 0.3 is 19.5 Å². The molecule has 0 spiro atoms. The fourth-order valence-corrected chi connectivity index (χ4v) is 4.54. The van der Waals surface area contributed by atoms with Gasteiger partial charge in [-0.25, -0.2) is 4.39 Å². The van der Waals surface area contributed by atoms with Crippen LogP contribution in [0.5, 0.6) is 0 Å². The molecule has 1 atom stereocenters. The molecular weight excluding hydrogens is 330 g/mol. The summed E-state index contributed by atoms with van der Waals surface area (Å²) in [6.07, 6.45) is -1.15. The topological polar surface area (TPSA) is 88.1 Å².